The Bertz CT molecular complexity index is 212. The molecule has 0 unspecified atom stereocenters. The van der Waals surface area contributed by atoms with Crippen LogP contribution in [0.25, 0.3) is 0 Å². The van der Waals surface area contributed by atoms with Gasteiger partial charge in [-0.1, -0.05) is 0 Å². The normalized spacial score (nSPS) is 12.0. The number of aliphatic imine (C=N–C) groups is 1. The fraction of sp³-hybridized carbons (Fsp3) is 0.500. The highest BCUT2D eigenvalue weighted by Crippen LogP contribution is 1.82. The third-order valence-corrected chi connectivity index (χ3v) is 1.14. The zero-order valence-electron chi connectivity index (χ0n) is 6.15. The Labute approximate surface area is 59.6 Å². The molecular formula is C6H10N4. The van der Waals surface area contributed by atoms with Crippen LogP contribution in [0, 0.1) is 0 Å². The maximum absolute atomic E-state index is 4.14. The van der Waals surface area contributed by atoms with Gasteiger partial charge in [0.1, 0.15) is 18.5 Å². The van der Waals surface area contributed by atoms with E-state index >= 15 is 0 Å². The van der Waals surface area contributed by atoms with Gasteiger partial charge in [-0.05, 0) is 13.8 Å². The van der Waals surface area contributed by atoms with Gasteiger partial charge < -0.3 is 0 Å². The molecule has 10 heavy (non-hydrogen) atoms. The summed E-state index contributed by atoms with van der Waals surface area (Å²) in [4.78, 5) is 7.94. The van der Waals surface area contributed by atoms with Crippen LogP contribution in [0.15, 0.2) is 17.6 Å². The van der Waals surface area contributed by atoms with Crippen molar-refractivity contribution in [2.24, 2.45) is 4.99 Å². The van der Waals surface area contributed by atoms with E-state index in [1.165, 1.54) is 6.33 Å². The van der Waals surface area contributed by atoms with E-state index in [2.05, 4.69) is 15.1 Å². The van der Waals surface area contributed by atoms with Crippen LogP contribution in [0.5, 0.6) is 0 Å². The molecule has 0 saturated carbocycles. The minimum atomic E-state index is 0.783. The highest BCUT2D eigenvalue weighted by Gasteiger charge is 1.91. The molecule has 1 rings (SSSR count). The number of hydrogen-bond acceptors (Lipinski definition) is 3. The summed E-state index contributed by atoms with van der Waals surface area (Å²) in [6.07, 6.45) is 3.13. The standard InChI is InChI=1S/C6H10N4/c1-3-8-6(2)10-5-7-4-9-10/h4-5H,3H2,1-2H3. The Morgan fingerprint density at radius 1 is 1.70 bits per heavy atom. The lowest BCUT2D eigenvalue weighted by atomic mass is 10.6. The fourth-order valence-corrected chi connectivity index (χ4v) is 0.677. The van der Waals surface area contributed by atoms with Crippen molar-refractivity contribution in [3.8, 4) is 0 Å². The molecule has 4 nitrogen and oxygen atoms in total. The van der Waals surface area contributed by atoms with Crippen LogP contribution < -0.4 is 0 Å². The molecule has 0 fully saturated rings. The van der Waals surface area contributed by atoms with Crippen molar-refractivity contribution in [3.63, 3.8) is 0 Å². The third-order valence-electron chi connectivity index (χ3n) is 1.14. The van der Waals surface area contributed by atoms with Crippen molar-refractivity contribution in [1.29, 1.82) is 0 Å². The van der Waals surface area contributed by atoms with E-state index < -0.39 is 0 Å². The zero-order chi connectivity index (χ0) is 7.40. The second-order valence-electron chi connectivity index (χ2n) is 1.86. The summed E-state index contributed by atoms with van der Waals surface area (Å²) in [5, 5.41) is 3.91. The lowest BCUT2D eigenvalue weighted by Crippen LogP contribution is -2.07. The molecule has 0 aliphatic carbocycles. The minimum Gasteiger partial charge on any atom is -0.271 e. The van der Waals surface area contributed by atoms with Crippen LogP contribution in [-0.2, 0) is 0 Å². The van der Waals surface area contributed by atoms with Gasteiger partial charge >= 0.3 is 0 Å². The van der Waals surface area contributed by atoms with Gasteiger partial charge in [0, 0.05) is 6.54 Å². The van der Waals surface area contributed by atoms with E-state index in [-0.39, 0.29) is 0 Å². The SMILES string of the molecule is CCN=C(C)n1cncn1. The summed E-state index contributed by atoms with van der Waals surface area (Å²) in [7, 11) is 0. The number of hydrogen-bond donors (Lipinski definition) is 0. The zero-order valence-corrected chi connectivity index (χ0v) is 6.15. The predicted octanol–water partition coefficient (Wildman–Crippen LogP) is 0.565. The monoisotopic (exact) mass is 138 g/mol. The Balaban J connectivity index is 2.77. The molecule has 0 aliphatic heterocycles. The average molecular weight is 138 g/mol. The van der Waals surface area contributed by atoms with Gasteiger partial charge in [0.25, 0.3) is 0 Å². The highest BCUT2D eigenvalue weighted by atomic mass is 15.3. The Kier molecular flexibility index (Phi) is 2.15. The maximum Gasteiger partial charge on any atom is 0.138 e. The first-order valence-corrected chi connectivity index (χ1v) is 3.20. The van der Waals surface area contributed by atoms with E-state index in [1.54, 1.807) is 11.0 Å². The quantitative estimate of drug-likeness (QED) is 0.420. The maximum atomic E-state index is 4.14. The van der Waals surface area contributed by atoms with E-state index in [9.17, 15) is 0 Å². The Morgan fingerprint density at radius 3 is 3.00 bits per heavy atom. The smallest absolute Gasteiger partial charge is 0.138 e. The molecule has 54 valence electrons. The number of nitrogens with zero attached hydrogens (tertiary/aromatic N) is 4. The summed E-state index contributed by atoms with van der Waals surface area (Å²) >= 11 is 0. The van der Waals surface area contributed by atoms with Gasteiger partial charge in [-0.15, -0.1) is 0 Å². The van der Waals surface area contributed by atoms with E-state index in [0.29, 0.717) is 0 Å². The van der Waals surface area contributed by atoms with Crippen LogP contribution >= 0.6 is 0 Å². The Morgan fingerprint density at radius 2 is 2.50 bits per heavy atom. The van der Waals surface area contributed by atoms with E-state index in [0.717, 1.165) is 12.4 Å². The molecule has 0 spiro atoms. The van der Waals surface area contributed by atoms with Crippen molar-refractivity contribution in [2.75, 3.05) is 6.54 Å². The molecule has 0 amide bonds. The molecule has 1 aromatic rings. The molecule has 0 atom stereocenters. The first-order chi connectivity index (χ1) is 4.84. The summed E-state index contributed by atoms with van der Waals surface area (Å²) in [6.45, 7) is 4.67. The van der Waals surface area contributed by atoms with E-state index in [4.69, 9.17) is 0 Å². The molecule has 1 aromatic heterocycles. The highest BCUT2D eigenvalue weighted by molar-refractivity contribution is 5.80. The predicted molar refractivity (Wildman–Crippen MR) is 39.1 cm³/mol. The number of aromatic nitrogens is 3. The number of rotatable bonds is 1. The van der Waals surface area contributed by atoms with Gasteiger partial charge in [-0.3, -0.25) is 4.99 Å². The molecule has 0 N–H and O–H groups in total. The van der Waals surface area contributed by atoms with Crippen molar-refractivity contribution in [2.45, 2.75) is 13.8 Å². The molecule has 0 aliphatic rings. The van der Waals surface area contributed by atoms with Gasteiger partial charge in [0.2, 0.25) is 0 Å². The molecule has 0 bridgehead atoms. The van der Waals surface area contributed by atoms with Crippen LogP contribution in [-0.4, -0.2) is 27.1 Å². The summed E-state index contributed by atoms with van der Waals surface area (Å²) in [6, 6.07) is 0. The Hall–Kier alpha value is -1.19. The van der Waals surface area contributed by atoms with Gasteiger partial charge in [-0.25, -0.2) is 9.67 Å². The van der Waals surface area contributed by atoms with Crippen LogP contribution in [0.1, 0.15) is 13.8 Å². The first-order valence-electron chi connectivity index (χ1n) is 3.20. The summed E-state index contributed by atoms with van der Waals surface area (Å²) in [5.41, 5.74) is 0. The van der Waals surface area contributed by atoms with Crippen LogP contribution in [0.4, 0.5) is 0 Å². The second-order valence-corrected chi connectivity index (χ2v) is 1.86. The van der Waals surface area contributed by atoms with Crippen molar-refractivity contribution in [3.05, 3.63) is 12.7 Å². The fourth-order valence-electron chi connectivity index (χ4n) is 0.677. The van der Waals surface area contributed by atoms with Gasteiger partial charge in [0.05, 0.1) is 0 Å². The second kappa shape index (κ2) is 3.10. The lowest BCUT2D eigenvalue weighted by molar-refractivity contribution is 0.909. The first kappa shape index (κ1) is 6.92. The molecule has 0 saturated heterocycles. The van der Waals surface area contributed by atoms with E-state index in [1.807, 2.05) is 13.8 Å². The van der Waals surface area contributed by atoms with Crippen molar-refractivity contribution < 1.29 is 0 Å². The largest absolute Gasteiger partial charge is 0.271 e. The summed E-state index contributed by atoms with van der Waals surface area (Å²) in [5.74, 6) is 0.875. The topological polar surface area (TPSA) is 43.1 Å². The molecule has 4 heteroatoms. The van der Waals surface area contributed by atoms with Gasteiger partial charge in [-0.2, -0.15) is 5.10 Å². The minimum absolute atomic E-state index is 0.783. The molecular weight excluding hydrogens is 128 g/mol. The van der Waals surface area contributed by atoms with Gasteiger partial charge in [0.15, 0.2) is 0 Å². The van der Waals surface area contributed by atoms with Crippen molar-refractivity contribution >= 4 is 5.84 Å². The van der Waals surface area contributed by atoms with Crippen molar-refractivity contribution in [1.82, 2.24) is 14.8 Å². The summed E-state index contributed by atoms with van der Waals surface area (Å²) < 4.78 is 1.64. The molecule has 0 radical (unpaired) electrons. The lowest BCUT2D eigenvalue weighted by Gasteiger charge is -1.95. The molecule has 1 heterocycles. The van der Waals surface area contributed by atoms with Crippen LogP contribution in [0.3, 0.4) is 0 Å². The average Bonchev–Trinajstić information content (AvgIpc) is 2.38. The third kappa shape index (κ3) is 1.40. The molecule has 0 aromatic carbocycles. The van der Waals surface area contributed by atoms with Crippen LogP contribution in [0.2, 0.25) is 0 Å².